The van der Waals surface area contributed by atoms with Gasteiger partial charge in [0.2, 0.25) is 0 Å². The van der Waals surface area contributed by atoms with Crippen molar-refractivity contribution in [1.29, 1.82) is 0 Å². The summed E-state index contributed by atoms with van der Waals surface area (Å²) in [5.74, 6) is -0.616. The van der Waals surface area contributed by atoms with Gasteiger partial charge in [0.05, 0.1) is 11.1 Å². The monoisotopic (exact) mass is 202 g/mol. The Morgan fingerprint density at radius 2 is 1.73 bits per heavy atom. The molecule has 1 aromatic carbocycles. The van der Waals surface area contributed by atoms with Crippen LogP contribution in [0.4, 0.5) is 0 Å². The Morgan fingerprint density at radius 3 is 2.20 bits per heavy atom. The Morgan fingerprint density at radius 1 is 1.20 bits per heavy atom. The van der Waals surface area contributed by atoms with Gasteiger partial charge in [0.25, 0.3) is 11.8 Å². The van der Waals surface area contributed by atoms with Crippen molar-refractivity contribution in [3.05, 3.63) is 48.0 Å². The van der Waals surface area contributed by atoms with Gasteiger partial charge in [0.15, 0.2) is 0 Å². The quantitative estimate of drug-likeness (QED) is 0.587. The Labute approximate surface area is 87.2 Å². The first-order valence-corrected chi connectivity index (χ1v) is 4.58. The maximum Gasteiger partial charge on any atom is 0.276 e. The van der Waals surface area contributed by atoms with E-state index in [1.165, 1.54) is 0 Å². The van der Waals surface area contributed by atoms with Crippen molar-refractivity contribution >= 4 is 11.8 Å². The SMILES string of the molecule is C=CCNN1C(=O)c2ccccc2C1=O. The van der Waals surface area contributed by atoms with Gasteiger partial charge in [0, 0.05) is 6.54 Å². The molecule has 0 bridgehead atoms. The highest BCUT2D eigenvalue weighted by atomic mass is 16.2. The minimum atomic E-state index is -0.308. The predicted molar refractivity (Wildman–Crippen MR) is 55.1 cm³/mol. The Bertz CT molecular complexity index is 405. The number of amides is 2. The molecular formula is C11H10N2O2. The topological polar surface area (TPSA) is 49.4 Å². The van der Waals surface area contributed by atoms with Gasteiger partial charge in [-0.25, -0.2) is 10.4 Å². The average molecular weight is 202 g/mol. The zero-order valence-corrected chi connectivity index (χ0v) is 8.06. The highest BCUT2D eigenvalue weighted by Crippen LogP contribution is 2.20. The highest BCUT2D eigenvalue weighted by molar-refractivity contribution is 6.20. The van der Waals surface area contributed by atoms with Crippen LogP contribution < -0.4 is 5.43 Å². The van der Waals surface area contributed by atoms with Crippen molar-refractivity contribution in [2.24, 2.45) is 0 Å². The Hall–Kier alpha value is -1.94. The summed E-state index contributed by atoms with van der Waals surface area (Å²) in [7, 11) is 0. The van der Waals surface area contributed by atoms with E-state index in [1.807, 2.05) is 0 Å². The van der Waals surface area contributed by atoms with Gasteiger partial charge in [-0.3, -0.25) is 9.59 Å². The van der Waals surface area contributed by atoms with E-state index in [-0.39, 0.29) is 11.8 Å². The average Bonchev–Trinajstić information content (AvgIpc) is 2.51. The summed E-state index contributed by atoms with van der Waals surface area (Å²) in [5.41, 5.74) is 3.58. The van der Waals surface area contributed by atoms with Gasteiger partial charge in [-0.1, -0.05) is 18.2 Å². The number of carbonyl (C=O) groups is 2. The second kappa shape index (κ2) is 3.67. The molecule has 0 unspecified atom stereocenters. The second-order valence-corrected chi connectivity index (χ2v) is 3.14. The summed E-state index contributed by atoms with van der Waals surface area (Å²) in [6.45, 7) is 3.89. The van der Waals surface area contributed by atoms with Crippen molar-refractivity contribution in [3.63, 3.8) is 0 Å². The molecular weight excluding hydrogens is 192 g/mol. The smallest absolute Gasteiger partial charge is 0.267 e. The van der Waals surface area contributed by atoms with E-state index in [0.29, 0.717) is 17.7 Å². The highest BCUT2D eigenvalue weighted by Gasteiger charge is 2.34. The third-order valence-corrected chi connectivity index (χ3v) is 2.19. The van der Waals surface area contributed by atoms with E-state index < -0.39 is 0 Å². The largest absolute Gasteiger partial charge is 0.276 e. The number of nitrogens with zero attached hydrogens (tertiary/aromatic N) is 1. The van der Waals surface area contributed by atoms with Crippen molar-refractivity contribution in [2.75, 3.05) is 6.54 Å². The third-order valence-electron chi connectivity index (χ3n) is 2.19. The van der Waals surface area contributed by atoms with Crippen LogP contribution in [0.5, 0.6) is 0 Å². The number of hydrogen-bond donors (Lipinski definition) is 1. The summed E-state index contributed by atoms with van der Waals surface area (Å²) in [4.78, 5) is 23.4. The molecule has 1 N–H and O–H groups in total. The number of fused-ring (bicyclic) bond motifs is 1. The number of carbonyl (C=O) groups excluding carboxylic acids is 2. The second-order valence-electron chi connectivity index (χ2n) is 3.14. The molecule has 15 heavy (non-hydrogen) atoms. The van der Waals surface area contributed by atoms with E-state index in [1.54, 1.807) is 30.3 Å². The van der Waals surface area contributed by atoms with Crippen LogP contribution in [-0.2, 0) is 0 Å². The van der Waals surface area contributed by atoms with Gasteiger partial charge in [0.1, 0.15) is 0 Å². The van der Waals surface area contributed by atoms with Crippen molar-refractivity contribution in [3.8, 4) is 0 Å². The fourth-order valence-corrected chi connectivity index (χ4v) is 1.49. The van der Waals surface area contributed by atoms with Gasteiger partial charge >= 0.3 is 0 Å². The van der Waals surface area contributed by atoms with Crippen LogP contribution in [0.15, 0.2) is 36.9 Å². The Kier molecular flexibility index (Phi) is 2.35. The number of imide groups is 1. The number of benzene rings is 1. The molecule has 0 atom stereocenters. The predicted octanol–water partition coefficient (Wildman–Crippen LogP) is 0.973. The molecule has 0 fully saturated rings. The molecule has 0 aromatic heterocycles. The molecule has 4 nitrogen and oxygen atoms in total. The summed E-state index contributed by atoms with van der Waals surface area (Å²) in [6.07, 6.45) is 1.59. The van der Waals surface area contributed by atoms with E-state index in [2.05, 4.69) is 12.0 Å². The standard InChI is InChI=1S/C11H10N2O2/c1-2-7-12-13-10(14)8-5-3-4-6-9(8)11(13)15/h2-6,12H,1,7H2. The fourth-order valence-electron chi connectivity index (χ4n) is 1.49. The molecule has 2 rings (SSSR count). The van der Waals surface area contributed by atoms with Crippen LogP contribution in [0.25, 0.3) is 0 Å². The van der Waals surface area contributed by atoms with Crippen molar-refractivity contribution in [2.45, 2.75) is 0 Å². The van der Waals surface area contributed by atoms with Crippen molar-refractivity contribution in [1.82, 2.24) is 10.4 Å². The molecule has 76 valence electrons. The number of hydrogen-bond acceptors (Lipinski definition) is 3. The molecule has 1 aromatic rings. The van der Waals surface area contributed by atoms with Crippen molar-refractivity contribution < 1.29 is 9.59 Å². The molecule has 0 saturated carbocycles. The van der Waals surface area contributed by atoms with E-state index in [0.717, 1.165) is 5.01 Å². The molecule has 0 saturated heterocycles. The van der Waals surface area contributed by atoms with Gasteiger partial charge in [-0.2, -0.15) is 0 Å². The summed E-state index contributed by atoms with van der Waals surface area (Å²) in [5, 5.41) is 1.02. The lowest BCUT2D eigenvalue weighted by Gasteiger charge is -2.12. The zero-order chi connectivity index (χ0) is 10.8. The summed E-state index contributed by atoms with van der Waals surface area (Å²) >= 11 is 0. The van der Waals surface area contributed by atoms with Crippen LogP contribution in [0, 0.1) is 0 Å². The first kappa shape index (κ1) is 9.61. The first-order valence-electron chi connectivity index (χ1n) is 4.58. The number of rotatable bonds is 3. The van der Waals surface area contributed by atoms with Crippen LogP contribution in [0.3, 0.4) is 0 Å². The molecule has 0 spiro atoms. The third kappa shape index (κ3) is 1.45. The van der Waals surface area contributed by atoms with Gasteiger partial charge in [-0.05, 0) is 12.1 Å². The molecule has 2 amide bonds. The van der Waals surface area contributed by atoms with Crippen LogP contribution in [0.2, 0.25) is 0 Å². The number of nitrogens with one attached hydrogen (secondary N) is 1. The van der Waals surface area contributed by atoms with Gasteiger partial charge in [-0.15, -0.1) is 6.58 Å². The fraction of sp³-hybridized carbons (Fsp3) is 0.0909. The van der Waals surface area contributed by atoms with Crippen LogP contribution in [0.1, 0.15) is 20.7 Å². The van der Waals surface area contributed by atoms with E-state index in [4.69, 9.17) is 0 Å². The minimum Gasteiger partial charge on any atom is -0.267 e. The first-order chi connectivity index (χ1) is 7.25. The maximum atomic E-state index is 11.7. The lowest BCUT2D eigenvalue weighted by Crippen LogP contribution is -2.42. The maximum absolute atomic E-state index is 11.7. The van der Waals surface area contributed by atoms with Gasteiger partial charge < -0.3 is 0 Å². The molecule has 0 aliphatic carbocycles. The lowest BCUT2D eigenvalue weighted by atomic mass is 10.1. The van der Waals surface area contributed by atoms with E-state index in [9.17, 15) is 9.59 Å². The molecule has 1 aliphatic rings. The number of hydrazine groups is 1. The molecule has 1 aliphatic heterocycles. The van der Waals surface area contributed by atoms with Crippen LogP contribution >= 0.6 is 0 Å². The lowest BCUT2D eigenvalue weighted by molar-refractivity contribution is 0.0576. The zero-order valence-electron chi connectivity index (χ0n) is 8.06. The molecule has 0 radical (unpaired) electrons. The normalized spacial score (nSPS) is 14.3. The molecule has 1 heterocycles. The van der Waals surface area contributed by atoms with E-state index >= 15 is 0 Å². The minimum absolute atomic E-state index is 0.308. The van der Waals surface area contributed by atoms with Crippen LogP contribution in [-0.4, -0.2) is 23.4 Å². The summed E-state index contributed by atoms with van der Waals surface area (Å²) < 4.78 is 0. The summed E-state index contributed by atoms with van der Waals surface area (Å²) in [6, 6.07) is 6.76. The Balaban J connectivity index is 2.32. The molecule has 4 heteroatoms.